The van der Waals surface area contributed by atoms with Crippen LogP contribution < -0.4 is 22.1 Å². The average molecular weight is 240 g/mol. The molecule has 0 saturated carbocycles. The number of amides is 3. The summed E-state index contributed by atoms with van der Waals surface area (Å²) in [6.45, 7) is 2.25. The number of nitrogens with two attached hydrogens (primary N) is 2. The van der Waals surface area contributed by atoms with Crippen molar-refractivity contribution >= 4 is 17.6 Å². The number of nitrogen functional groups attached to an aromatic ring is 1. The Morgan fingerprint density at radius 2 is 1.94 bits per heavy atom. The zero-order chi connectivity index (χ0) is 13.0. The summed E-state index contributed by atoms with van der Waals surface area (Å²) < 4.78 is 1.42. The van der Waals surface area contributed by atoms with Gasteiger partial charge in [0.15, 0.2) is 0 Å². The van der Waals surface area contributed by atoms with Crippen molar-refractivity contribution in [1.82, 2.24) is 20.4 Å². The van der Waals surface area contributed by atoms with E-state index in [1.165, 1.54) is 4.68 Å². The molecule has 0 aliphatic rings. The average Bonchev–Trinajstić information content (AvgIpc) is 2.48. The lowest BCUT2D eigenvalue weighted by Crippen LogP contribution is -2.37. The van der Waals surface area contributed by atoms with Gasteiger partial charge >= 0.3 is 6.03 Å². The van der Waals surface area contributed by atoms with Crippen molar-refractivity contribution in [2.75, 3.05) is 18.8 Å². The van der Waals surface area contributed by atoms with Crippen LogP contribution in [0, 0.1) is 6.92 Å². The van der Waals surface area contributed by atoms with Gasteiger partial charge in [0.2, 0.25) is 0 Å². The molecule has 0 aliphatic carbocycles. The number of nitrogens with one attached hydrogen (secondary N) is 2. The van der Waals surface area contributed by atoms with Crippen molar-refractivity contribution in [2.24, 2.45) is 12.8 Å². The number of primary amides is 1. The van der Waals surface area contributed by atoms with Gasteiger partial charge in [0.25, 0.3) is 5.91 Å². The number of hydrogen-bond donors (Lipinski definition) is 4. The fourth-order valence-electron chi connectivity index (χ4n) is 1.39. The summed E-state index contributed by atoms with van der Waals surface area (Å²) in [7, 11) is 1.64. The third-order valence-electron chi connectivity index (χ3n) is 2.19. The molecule has 0 atom stereocenters. The van der Waals surface area contributed by atoms with E-state index in [1.807, 2.05) is 0 Å². The van der Waals surface area contributed by atoms with Crippen LogP contribution in [-0.4, -0.2) is 34.8 Å². The Morgan fingerprint density at radius 1 is 1.35 bits per heavy atom. The van der Waals surface area contributed by atoms with Gasteiger partial charge in [0.05, 0.1) is 11.4 Å². The van der Waals surface area contributed by atoms with Gasteiger partial charge in [-0.1, -0.05) is 0 Å². The molecular formula is C9H16N6O2. The van der Waals surface area contributed by atoms with E-state index in [0.29, 0.717) is 17.1 Å². The van der Waals surface area contributed by atoms with Crippen LogP contribution in [0.25, 0.3) is 0 Å². The summed E-state index contributed by atoms with van der Waals surface area (Å²) in [4.78, 5) is 22.1. The lowest BCUT2D eigenvalue weighted by Gasteiger charge is -2.06. The van der Waals surface area contributed by atoms with Gasteiger partial charge in [-0.25, -0.2) is 4.79 Å². The van der Waals surface area contributed by atoms with Crippen LogP contribution in [0.3, 0.4) is 0 Å². The number of carbonyl (C=O) groups excluding carboxylic acids is 2. The van der Waals surface area contributed by atoms with Crippen molar-refractivity contribution in [3.63, 3.8) is 0 Å². The zero-order valence-corrected chi connectivity index (χ0v) is 9.78. The lowest BCUT2D eigenvalue weighted by molar-refractivity contribution is 0.0945. The summed E-state index contributed by atoms with van der Waals surface area (Å²) in [6.07, 6.45) is 0. The fraction of sp³-hybridized carbons (Fsp3) is 0.444. The molecule has 6 N–H and O–H groups in total. The van der Waals surface area contributed by atoms with Crippen LogP contribution in [0.4, 0.5) is 10.5 Å². The molecule has 1 aromatic rings. The first-order valence-corrected chi connectivity index (χ1v) is 5.04. The number of hydrogen-bond acceptors (Lipinski definition) is 4. The Morgan fingerprint density at radius 3 is 2.41 bits per heavy atom. The highest BCUT2D eigenvalue weighted by Gasteiger charge is 2.17. The molecule has 94 valence electrons. The highest BCUT2D eigenvalue weighted by molar-refractivity contribution is 5.97. The van der Waals surface area contributed by atoms with Crippen LogP contribution in [-0.2, 0) is 7.05 Å². The highest BCUT2D eigenvalue weighted by atomic mass is 16.2. The van der Waals surface area contributed by atoms with Gasteiger partial charge in [0, 0.05) is 20.1 Å². The summed E-state index contributed by atoms with van der Waals surface area (Å²) >= 11 is 0. The van der Waals surface area contributed by atoms with Gasteiger partial charge in [0.1, 0.15) is 5.69 Å². The molecule has 0 unspecified atom stereocenters. The van der Waals surface area contributed by atoms with E-state index < -0.39 is 6.03 Å². The first-order chi connectivity index (χ1) is 7.93. The van der Waals surface area contributed by atoms with E-state index in [1.54, 1.807) is 14.0 Å². The first kappa shape index (κ1) is 12.8. The first-order valence-electron chi connectivity index (χ1n) is 5.04. The second-order valence-electron chi connectivity index (χ2n) is 3.52. The standard InChI is InChI=1S/C9H16N6O2/c1-5-6(10)7(15(2)14-5)8(16)12-3-4-13-9(11)17/h3-4,10H2,1-2H3,(H,12,16)(H3,11,13,17). The largest absolute Gasteiger partial charge is 0.395 e. The molecule has 0 spiro atoms. The van der Waals surface area contributed by atoms with Crippen molar-refractivity contribution in [2.45, 2.75) is 6.92 Å². The van der Waals surface area contributed by atoms with Gasteiger partial charge in [-0.2, -0.15) is 5.10 Å². The van der Waals surface area contributed by atoms with E-state index in [9.17, 15) is 9.59 Å². The summed E-state index contributed by atoms with van der Waals surface area (Å²) in [5.74, 6) is -0.336. The third kappa shape index (κ3) is 3.10. The minimum Gasteiger partial charge on any atom is -0.395 e. The molecule has 0 aromatic carbocycles. The zero-order valence-electron chi connectivity index (χ0n) is 9.78. The molecule has 1 rings (SSSR count). The predicted molar refractivity (Wildman–Crippen MR) is 62.3 cm³/mol. The quantitative estimate of drug-likeness (QED) is 0.488. The Bertz CT molecular complexity index is 439. The Balaban J connectivity index is 2.55. The smallest absolute Gasteiger partial charge is 0.312 e. The van der Waals surface area contributed by atoms with E-state index in [-0.39, 0.29) is 19.0 Å². The van der Waals surface area contributed by atoms with Gasteiger partial charge < -0.3 is 22.1 Å². The minimum absolute atomic E-state index is 0.262. The number of aryl methyl sites for hydroxylation is 2. The number of urea groups is 1. The Kier molecular flexibility index (Phi) is 3.91. The Labute approximate surface area is 98.3 Å². The van der Waals surface area contributed by atoms with E-state index in [4.69, 9.17) is 11.5 Å². The number of carbonyl (C=O) groups is 2. The highest BCUT2D eigenvalue weighted by Crippen LogP contribution is 2.14. The molecule has 1 heterocycles. The van der Waals surface area contributed by atoms with E-state index >= 15 is 0 Å². The molecule has 0 bridgehead atoms. The molecule has 3 amide bonds. The van der Waals surface area contributed by atoms with Gasteiger partial charge in [-0.15, -0.1) is 0 Å². The van der Waals surface area contributed by atoms with Crippen molar-refractivity contribution in [3.8, 4) is 0 Å². The summed E-state index contributed by atoms with van der Waals surface area (Å²) in [5.41, 5.74) is 11.9. The number of rotatable bonds is 4. The monoisotopic (exact) mass is 240 g/mol. The van der Waals surface area contributed by atoms with Crippen LogP contribution in [0.2, 0.25) is 0 Å². The normalized spacial score (nSPS) is 10.0. The predicted octanol–water partition coefficient (Wildman–Crippen LogP) is -1.29. The SMILES string of the molecule is Cc1nn(C)c(C(=O)NCCNC(N)=O)c1N. The van der Waals surface area contributed by atoms with Crippen LogP contribution in [0.1, 0.15) is 16.2 Å². The second-order valence-corrected chi connectivity index (χ2v) is 3.52. The van der Waals surface area contributed by atoms with Crippen molar-refractivity contribution in [3.05, 3.63) is 11.4 Å². The van der Waals surface area contributed by atoms with Crippen molar-refractivity contribution < 1.29 is 9.59 Å². The summed E-state index contributed by atoms with van der Waals surface area (Å²) in [6, 6.07) is -0.629. The molecular weight excluding hydrogens is 224 g/mol. The molecule has 0 saturated heterocycles. The topological polar surface area (TPSA) is 128 Å². The number of aromatic nitrogens is 2. The van der Waals surface area contributed by atoms with Crippen LogP contribution in [0.15, 0.2) is 0 Å². The lowest BCUT2D eigenvalue weighted by atomic mass is 10.3. The fourth-order valence-corrected chi connectivity index (χ4v) is 1.39. The molecule has 17 heavy (non-hydrogen) atoms. The number of nitrogens with zero attached hydrogens (tertiary/aromatic N) is 2. The molecule has 8 heteroatoms. The molecule has 0 fully saturated rings. The van der Waals surface area contributed by atoms with E-state index in [0.717, 1.165) is 0 Å². The van der Waals surface area contributed by atoms with E-state index in [2.05, 4.69) is 15.7 Å². The maximum atomic E-state index is 11.7. The van der Waals surface area contributed by atoms with Crippen LogP contribution in [0.5, 0.6) is 0 Å². The molecule has 0 aliphatic heterocycles. The summed E-state index contributed by atoms with van der Waals surface area (Å²) in [5, 5.41) is 8.99. The molecule has 0 radical (unpaired) electrons. The number of anilines is 1. The van der Waals surface area contributed by atoms with Gasteiger partial charge in [-0.3, -0.25) is 9.48 Å². The Hall–Kier alpha value is -2.25. The maximum Gasteiger partial charge on any atom is 0.312 e. The maximum absolute atomic E-state index is 11.7. The molecule has 8 nitrogen and oxygen atoms in total. The molecule has 1 aromatic heterocycles. The second kappa shape index (κ2) is 5.19. The van der Waals surface area contributed by atoms with Crippen molar-refractivity contribution in [1.29, 1.82) is 0 Å². The van der Waals surface area contributed by atoms with Crippen LogP contribution >= 0.6 is 0 Å². The minimum atomic E-state index is -0.629. The third-order valence-corrected chi connectivity index (χ3v) is 2.19. The van der Waals surface area contributed by atoms with Gasteiger partial charge in [-0.05, 0) is 6.92 Å².